The molecule has 0 saturated carbocycles. The van der Waals surface area contributed by atoms with Crippen molar-refractivity contribution in [3.63, 3.8) is 0 Å². The van der Waals surface area contributed by atoms with E-state index < -0.39 is 0 Å². The van der Waals surface area contributed by atoms with Gasteiger partial charge in [0.2, 0.25) is 0 Å². The van der Waals surface area contributed by atoms with E-state index in [9.17, 15) is 0 Å². The molecule has 0 spiro atoms. The lowest BCUT2D eigenvalue weighted by atomic mass is 10.2. The predicted octanol–water partition coefficient (Wildman–Crippen LogP) is 5.16. The number of anilines is 2. The fourth-order valence-electron chi connectivity index (χ4n) is 3.93. The van der Waals surface area contributed by atoms with Gasteiger partial charge in [0, 0.05) is 36.2 Å². The van der Waals surface area contributed by atoms with Crippen molar-refractivity contribution in [2.45, 2.75) is 6.54 Å². The zero-order valence-corrected chi connectivity index (χ0v) is 18.8. The van der Waals surface area contributed by atoms with Crippen LogP contribution < -0.4 is 9.80 Å². The molecule has 2 aromatic carbocycles. The maximum Gasteiger partial charge on any atom is 0.163 e. The number of hydrogen-bond acceptors (Lipinski definition) is 5. The molecule has 1 fully saturated rings. The lowest BCUT2D eigenvalue weighted by Crippen LogP contribution is -2.47. The van der Waals surface area contributed by atoms with Crippen LogP contribution in [0.25, 0.3) is 11.0 Å². The lowest BCUT2D eigenvalue weighted by molar-refractivity contribution is 0.648. The molecule has 9 heteroatoms. The second-order valence-electron chi connectivity index (χ2n) is 7.40. The van der Waals surface area contributed by atoms with Crippen LogP contribution >= 0.6 is 34.8 Å². The van der Waals surface area contributed by atoms with Gasteiger partial charge in [0.25, 0.3) is 0 Å². The SMILES string of the molecule is Clc1ccc(Cn2ncc3c(N4CCN(c5ccccc5Cl)CC4)ncnc32)c(Cl)c1. The maximum atomic E-state index is 6.37. The number of rotatable bonds is 4. The first-order valence-corrected chi connectivity index (χ1v) is 11.1. The highest BCUT2D eigenvalue weighted by molar-refractivity contribution is 6.35. The van der Waals surface area contributed by atoms with Gasteiger partial charge in [-0.2, -0.15) is 5.10 Å². The summed E-state index contributed by atoms with van der Waals surface area (Å²) in [4.78, 5) is 13.6. The maximum absolute atomic E-state index is 6.37. The smallest absolute Gasteiger partial charge is 0.163 e. The Kier molecular flexibility index (Phi) is 5.61. The summed E-state index contributed by atoms with van der Waals surface area (Å²) in [5, 5.41) is 7.48. The van der Waals surface area contributed by atoms with E-state index in [-0.39, 0.29) is 0 Å². The molecule has 0 radical (unpaired) electrons. The summed E-state index contributed by atoms with van der Waals surface area (Å²) in [6, 6.07) is 13.4. The van der Waals surface area contributed by atoms with Crippen molar-refractivity contribution in [1.29, 1.82) is 0 Å². The largest absolute Gasteiger partial charge is 0.367 e. The summed E-state index contributed by atoms with van der Waals surface area (Å²) in [5.41, 5.74) is 2.79. The van der Waals surface area contributed by atoms with Crippen molar-refractivity contribution in [3.8, 4) is 0 Å². The normalized spacial score (nSPS) is 14.4. The van der Waals surface area contributed by atoms with E-state index in [1.54, 1.807) is 12.4 Å². The van der Waals surface area contributed by atoms with Crippen LogP contribution in [-0.4, -0.2) is 45.9 Å². The van der Waals surface area contributed by atoms with Gasteiger partial charge in [0.15, 0.2) is 5.65 Å². The number of fused-ring (bicyclic) bond motifs is 1. The molecule has 2 aromatic heterocycles. The molecule has 31 heavy (non-hydrogen) atoms. The zero-order chi connectivity index (χ0) is 21.4. The number of para-hydroxylation sites is 1. The molecule has 4 aromatic rings. The summed E-state index contributed by atoms with van der Waals surface area (Å²) >= 11 is 18.7. The van der Waals surface area contributed by atoms with Crippen LogP contribution in [0.3, 0.4) is 0 Å². The van der Waals surface area contributed by atoms with E-state index in [4.69, 9.17) is 34.8 Å². The highest BCUT2D eigenvalue weighted by atomic mass is 35.5. The molecule has 6 nitrogen and oxygen atoms in total. The Labute approximate surface area is 195 Å². The summed E-state index contributed by atoms with van der Waals surface area (Å²) < 4.78 is 1.84. The number of nitrogens with zero attached hydrogens (tertiary/aromatic N) is 6. The minimum Gasteiger partial charge on any atom is -0.367 e. The average Bonchev–Trinajstić information content (AvgIpc) is 3.19. The van der Waals surface area contributed by atoms with Gasteiger partial charge in [0.1, 0.15) is 12.1 Å². The fourth-order valence-corrected chi connectivity index (χ4v) is 4.65. The standard InChI is InChI=1S/C22H19Cl3N6/c23-16-6-5-15(19(25)11-16)13-31-22-17(12-28-31)21(26-14-27-22)30-9-7-29(8-10-30)20-4-2-1-3-18(20)24/h1-6,11-12,14H,7-10,13H2. The number of aromatic nitrogens is 4. The molecule has 0 unspecified atom stereocenters. The van der Waals surface area contributed by atoms with E-state index in [0.717, 1.165) is 59.3 Å². The Bertz CT molecular complexity index is 1230. The first-order chi connectivity index (χ1) is 15.1. The molecule has 0 bridgehead atoms. The third-order valence-corrected chi connectivity index (χ3v) is 6.43. The van der Waals surface area contributed by atoms with Gasteiger partial charge in [-0.05, 0) is 29.8 Å². The van der Waals surface area contributed by atoms with Crippen LogP contribution in [0.4, 0.5) is 11.5 Å². The molecule has 3 heterocycles. The predicted molar refractivity (Wildman–Crippen MR) is 127 cm³/mol. The minimum absolute atomic E-state index is 0.510. The van der Waals surface area contributed by atoms with Gasteiger partial charge in [-0.25, -0.2) is 14.6 Å². The van der Waals surface area contributed by atoms with E-state index in [0.29, 0.717) is 16.6 Å². The van der Waals surface area contributed by atoms with Crippen LogP contribution in [0, 0.1) is 0 Å². The van der Waals surface area contributed by atoms with Gasteiger partial charge in [-0.1, -0.05) is 53.0 Å². The molecule has 5 rings (SSSR count). The van der Waals surface area contributed by atoms with Gasteiger partial charge >= 0.3 is 0 Å². The Morgan fingerprint density at radius 2 is 1.61 bits per heavy atom. The molecule has 0 amide bonds. The average molecular weight is 474 g/mol. The van der Waals surface area contributed by atoms with Gasteiger partial charge in [-0.15, -0.1) is 0 Å². The third-order valence-electron chi connectivity index (χ3n) is 5.52. The fraction of sp³-hybridized carbons (Fsp3) is 0.227. The zero-order valence-electron chi connectivity index (χ0n) is 16.5. The molecule has 158 valence electrons. The molecule has 0 aliphatic carbocycles. The highest BCUT2D eigenvalue weighted by Crippen LogP contribution is 2.29. The summed E-state index contributed by atoms with van der Waals surface area (Å²) in [7, 11) is 0. The number of hydrogen-bond donors (Lipinski definition) is 0. The second kappa shape index (κ2) is 8.54. The third kappa shape index (κ3) is 4.03. The van der Waals surface area contributed by atoms with Crippen LogP contribution in [0.2, 0.25) is 15.1 Å². The lowest BCUT2D eigenvalue weighted by Gasteiger charge is -2.37. The van der Waals surface area contributed by atoms with E-state index >= 15 is 0 Å². The monoisotopic (exact) mass is 472 g/mol. The van der Waals surface area contributed by atoms with Crippen LogP contribution in [0.1, 0.15) is 5.56 Å². The van der Waals surface area contributed by atoms with Crippen LogP contribution in [0.15, 0.2) is 55.0 Å². The van der Waals surface area contributed by atoms with Crippen molar-refractivity contribution < 1.29 is 0 Å². The van der Waals surface area contributed by atoms with Gasteiger partial charge < -0.3 is 9.80 Å². The Hall–Kier alpha value is -2.54. The molecular formula is C22H19Cl3N6. The van der Waals surface area contributed by atoms with Gasteiger partial charge in [0.05, 0.1) is 28.8 Å². The van der Waals surface area contributed by atoms with Crippen molar-refractivity contribution in [3.05, 3.63) is 75.6 Å². The van der Waals surface area contributed by atoms with E-state index in [1.807, 2.05) is 41.2 Å². The topological polar surface area (TPSA) is 50.1 Å². The molecule has 1 aliphatic rings. The highest BCUT2D eigenvalue weighted by Gasteiger charge is 2.22. The number of benzene rings is 2. The first kappa shape index (κ1) is 20.4. The van der Waals surface area contributed by atoms with E-state index in [2.05, 4.69) is 30.9 Å². The quantitative estimate of drug-likeness (QED) is 0.410. The summed E-state index contributed by atoms with van der Waals surface area (Å²) in [6.07, 6.45) is 3.43. The van der Waals surface area contributed by atoms with Gasteiger partial charge in [-0.3, -0.25) is 0 Å². The number of halogens is 3. The summed E-state index contributed by atoms with van der Waals surface area (Å²) in [6.45, 7) is 3.92. The number of piperazine rings is 1. The van der Waals surface area contributed by atoms with E-state index in [1.165, 1.54) is 0 Å². The molecule has 1 aliphatic heterocycles. The van der Waals surface area contributed by atoms with Crippen LogP contribution in [-0.2, 0) is 6.54 Å². The van der Waals surface area contributed by atoms with Crippen molar-refractivity contribution in [1.82, 2.24) is 19.7 Å². The van der Waals surface area contributed by atoms with Crippen molar-refractivity contribution >= 4 is 57.3 Å². The molecular weight excluding hydrogens is 455 g/mol. The molecule has 0 atom stereocenters. The Morgan fingerprint density at radius 1 is 0.839 bits per heavy atom. The summed E-state index contributed by atoms with van der Waals surface area (Å²) in [5.74, 6) is 0.900. The van der Waals surface area contributed by atoms with Crippen molar-refractivity contribution in [2.24, 2.45) is 0 Å². The van der Waals surface area contributed by atoms with Crippen molar-refractivity contribution in [2.75, 3.05) is 36.0 Å². The molecule has 1 saturated heterocycles. The Balaban J connectivity index is 1.37. The minimum atomic E-state index is 0.510. The first-order valence-electron chi connectivity index (χ1n) is 9.95. The second-order valence-corrected chi connectivity index (χ2v) is 8.65. The van der Waals surface area contributed by atoms with Crippen LogP contribution in [0.5, 0.6) is 0 Å². The molecule has 0 N–H and O–H groups in total. The Morgan fingerprint density at radius 3 is 2.39 bits per heavy atom.